The third kappa shape index (κ3) is 2.34. The van der Waals surface area contributed by atoms with E-state index in [0.29, 0.717) is 12.1 Å². The molecule has 1 N–H and O–H groups in total. The Hall–Kier alpha value is -1.75. The van der Waals surface area contributed by atoms with E-state index >= 15 is 0 Å². The molecule has 0 bridgehead atoms. The highest BCUT2D eigenvalue weighted by Crippen LogP contribution is 2.24. The van der Waals surface area contributed by atoms with Gasteiger partial charge in [-0.1, -0.05) is 6.07 Å². The Morgan fingerprint density at radius 2 is 2.06 bits per heavy atom. The first-order valence-electron chi connectivity index (χ1n) is 5.24. The second-order valence-electron chi connectivity index (χ2n) is 3.82. The SMILES string of the molecule is CNCc1nn(C)cc1-c1ccc(F)c(F)c1. The first kappa shape index (κ1) is 11.7. The quantitative estimate of drug-likeness (QED) is 0.885. The molecule has 0 aliphatic carbocycles. The van der Waals surface area contributed by atoms with Crippen LogP contribution in [0.3, 0.4) is 0 Å². The van der Waals surface area contributed by atoms with Crippen LogP contribution in [0.15, 0.2) is 24.4 Å². The molecule has 0 fully saturated rings. The lowest BCUT2D eigenvalue weighted by Gasteiger charge is -2.02. The number of benzene rings is 1. The van der Waals surface area contributed by atoms with Crippen molar-refractivity contribution in [2.45, 2.75) is 6.54 Å². The first-order valence-corrected chi connectivity index (χ1v) is 5.24. The van der Waals surface area contributed by atoms with E-state index in [9.17, 15) is 8.78 Å². The molecule has 0 saturated carbocycles. The summed E-state index contributed by atoms with van der Waals surface area (Å²) in [6.45, 7) is 0.579. The Morgan fingerprint density at radius 1 is 1.29 bits per heavy atom. The maximum Gasteiger partial charge on any atom is 0.159 e. The van der Waals surface area contributed by atoms with E-state index in [4.69, 9.17) is 0 Å². The molecule has 1 heterocycles. The minimum Gasteiger partial charge on any atom is -0.314 e. The predicted octanol–water partition coefficient (Wildman–Crippen LogP) is 2.08. The van der Waals surface area contributed by atoms with Crippen molar-refractivity contribution in [3.63, 3.8) is 0 Å². The van der Waals surface area contributed by atoms with Crippen LogP contribution in [0.5, 0.6) is 0 Å². The molecule has 0 amide bonds. The average molecular weight is 237 g/mol. The number of nitrogens with zero attached hydrogens (tertiary/aromatic N) is 2. The minimum absolute atomic E-state index is 0.579. The Balaban J connectivity index is 2.47. The molecule has 0 spiro atoms. The highest BCUT2D eigenvalue weighted by atomic mass is 19.2. The first-order chi connectivity index (χ1) is 8.11. The molecule has 1 aromatic carbocycles. The number of aromatic nitrogens is 2. The van der Waals surface area contributed by atoms with E-state index in [0.717, 1.165) is 17.3 Å². The molecule has 0 aliphatic rings. The van der Waals surface area contributed by atoms with Gasteiger partial charge < -0.3 is 5.32 Å². The monoisotopic (exact) mass is 237 g/mol. The van der Waals surface area contributed by atoms with Gasteiger partial charge in [0.25, 0.3) is 0 Å². The van der Waals surface area contributed by atoms with Crippen LogP contribution in [-0.2, 0) is 13.6 Å². The number of nitrogens with one attached hydrogen (secondary N) is 1. The van der Waals surface area contributed by atoms with Crippen molar-refractivity contribution in [2.75, 3.05) is 7.05 Å². The maximum atomic E-state index is 13.2. The van der Waals surface area contributed by atoms with Crippen molar-refractivity contribution in [1.82, 2.24) is 15.1 Å². The predicted molar refractivity (Wildman–Crippen MR) is 61.3 cm³/mol. The van der Waals surface area contributed by atoms with Gasteiger partial charge in [0.15, 0.2) is 11.6 Å². The van der Waals surface area contributed by atoms with E-state index in [1.54, 1.807) is 24.0 Å². The van der Waals surface area contributed by atoms with Crippen LogP contribution in [0.25, 0.3) is 11.1 Å². The van der Waals surface area contributed by atoms with E-state index in [1.807, 2.05) is 7.05 Å². The zero-order chi connectivity index (χ0) is 12.4. The maximum absolute atomic E-state index is 13.2. The summed E-state index contributed by atoms with van der Waals surface area (Å²) in [5.74, 6) is -1.69. The second kappa shape index (κ2) is 4.63. The van der Waals surface area contributed by atoms with Gasteiger partial charge in [-0.2, -0.15) is 5.10 Å². The molecule has 1 aromatic heterocycles. The van der Waals surface area contributed by atoms with Gasteiger partial charge >= 0.3 is 0 Å². The highest BCUT2D eigenvalue weighted by Gasteiger charge is 2.11. The fourth-order valence-corrected chi connectivity index (χ4v) is 1.74. The lowest BCUT2D eigenvalue weighted by atomic mass is 10.1. The zero-order valence-electron chi connectivity index (χ0n) is 9.67. The molecular formula is C12H13F2N3. The van der Waals surface area contributed by atoms with Crippen molar-refractivity contribution in [2.24, 2.45) is 7.05 Å². The molecule has 0 atom stereocenters. The molecule has 5 heteroatoms. The summed E-state index contributed by atoms with van der Waals surface area (Å²) in [5, 5.41) is 7.26. The summed E-state index contributed by atoms with van der Waals surface area (Å²) < 4.78 is 27.7. The highest BCUT2D eigenvalue weighted by molar-refractivity contribution is 5.65. The fraction of sp³-hybridized carbons (Fsp3) is 0.250. The van der Waals surface area contributed by atoms with Crippen LogP contribution in [-0.4, -0.2) is 16.8 Å². The minimum atomic E-state index is -0.846. The van der Waals surface area contributed by atoms with E-state index in [-0.39, 0.29) is 0 Å². The summed E-state index contributed by atoms with van der Waals surface area (Å²) in [5.41, 5.74) is 2.24. The molecule has 0 unspecified atom stereocenters. The van der Waals surface area contributed by atoms with Crippen LogP contribution in [0.1, 0.15) is 5.69 Å². The molecule has 90 valence electrons. The van der Waals surface area contributed by atoms with Crippen molar-refractivity contribution >= 4 is 0 Å². The van der Waals surface area contributed by atoms with E-state index in [2.05, 4.69) is 10.4 Å². The summed E-state index contributed by atoms with van der Waals surface area (Å²) in [6.07, 6.45) is 1.79. The largest absolute Gasteiger partial charge is 0.314 e. The van der Waals surface area contributed by atoms with E-state index in [1.165, 1.54) is 6.07 Å². The van der Waals surface area contributed by atoms with Gasteiger partial charge in [0.2, 0.25) is 0 Å². The van der Waals surface area contributed by atoms with Crippen molar-refractivity contribution in [3.05, 3.63) is 41.7 Å². The van der Waals surface area contributed by atoms with Crippen LogP contribution >= 0.6 is 0 Å². The smallest absolute Gasteiger partial charge is 0.159 e. The van der Waals surface area contributed by atoms with Crippen LogP contribution in [0, 0.1) is 11.6 Å². The van der Waals surface area contributed by atoms with Gasteiger partial charge in [0, 0.05) is 25.4 Å². The Morgan fingerprint density at radius 3 is 2.71 bits per heavy atom. The lowest BCUT2D eigenvalue weighted by Crippen LogP contribution is -2.07. The molecule has 0 radical (unpaired) electrons. The third-order valence-electron chi connectivity index (χ3n) is 2.48. The number of rotatable bonds is 3. The van der Waals surface area contributed by atoms with Crippen molar-refractivity contribution in [3.8, 4) is 11.1 Å². The number of aryl methyl sites for hydroxylation is 1. The molecule has 17 heavy (non-hydrogen) atoms. The molecule has 0 saturated heterocycles. The molecule has 3 nitrogen and oxygen atoms in total. The molecule has 2 aromatic rings. The molecular weight excluding hydrogens is 224 g/mol. The van der Waals surface area contributed by atoms with Gasteiger partial charge in [-0.25, -0.2) is 8.78 Å². The number of halogens is 2. The standard InChI is InChI=1S/C12H13F2N3/c1-15-6-12-9(7-17(2)16-12)8-3-4-10(13)11(14)5-8/h3-5,7,15H,6H2,1-2H3. The third-order valence-corrected chi connectivity index (χ3v) is 2.48. The zero-order valence-corrected chi connectivity index (χ0v) is 9.67. The summed E-state index contributed by atoms with van der Waals surface area (Å²) in [6, 6.07) is 3.86. The molecule has 0 aliphatic heterocycles. The lowest BCUT2D eigenvalue weighted by molar-refractivity contribution is 0.509. The Kier molecular flexibility index (Phi) is 3.19. The topological polar surface area (TPSA) is 29.9 Å². The van der Waals surface area contributed by atoms with E-state index < -0.39 is 11.6 Å². The van der Waals surface area contributed by atoms with Gasteiger partial charge in [-0.3, -0.25) is 4.68 Å². The van der Waals surface area contributed by atoms with Gasteiger partial charge in [-0.05, 0) is 24.7 Å². The Bertz CT molecular complexity index is 535. The van der Waals surface area contributed by atoms with Gasteiger partial charge in [0.1, 0.15) is 0 Å². The number of hydrogen-bond acceptors (Lipinski definition) is 2. The fourth-order valence-electron chi connectivity index (χ4n) is 1.74. The normalized spacial score (nSPS) is 10.8. The van der Waals surface area contributed by atoms with Crippen LogP contribution in [0.4, 0.5) is 8.78 Å². The summed E-state index contributed by atoms with van der Waals surface area (Å²) >= 11 is 0. The van der Waals surface area contributed by atoms with Crippen LogP contribution in [0.2, 0.25) is 0 Å². The Labute approximate surface area is 98.1 Å². The number of hydrogen-bond donors (Lipinski definition) is 1. The summed E-state index contributed by atoms with van der Waals surface area (Å²) in [7, 11) is 3.60. The van der Waals surface area contributed by atoms with Crippen molar-refractivity contribution < 1.29 is 8.78 Å². The van der Waals surface area contributed by atoms with Gasteiger partial charge in [-0.15, -0.1) is 0 Å². The van der Waals surface area contributed by atoms with Gasteiger partial charge in [0.05, 0.1) is 5.69 Å². The second-order valence-corrected chi connectivity index (χ2v) is 3.82. The molecule has 2 rings (SSSR count). The van der Waals surface area contributed by atoms with Crippen molar-refractivity contribution in [1.29, 1.82) is 0 Å². The average Bonchev–Trinajstić information content (AvgIpc) is 2.64. The van der Waals surface area contributed by atoms with Crippen LogP contribution < -0.4 is 5.32 Å². The summed E-state index contributed by atoms with van der Waals surface area (Å²) in [4.78, 5) is 0.